The number of nitrogens with one attached hydrogen (secondary N) is 1. The number of carbonyl (C=O) groups is 5. The van der Waals surface area contributed by atoms with Crippen LogP contribution in [0.2, 0.25) is 0 Å². The van der Waals surface area contributed by atoms with Gasteiger partial charge in [-0.25, -0.2) is 14.6 Å². The summed E-state index contributed by atoms with van der Waals surface area (Å²) in [5, 5.41) is 0. The standard InChI is InChI=1S/C32H43N5O8/c1-31(2,3)44-29(41)20-43-25-8-7-21(15-22(25)16-26-33-11-12-34-26)24(38)17-37-27(39)18-36(19-28(37)40)23-9-13-35(14-10-23)30(42)45-32(4,5)6/h7-8,11-12,15,23H,9-10,13-14,16-20H2,1-6H3,(H,33,34). The molecular weight excluding hydrogens is 582 g/mol. The zero-order chi connectivity index (χ0) is 32.9. The molecule has 2 aromatic rings. The van der Waals surface area contributed by atoms with Crippen molar-refractivity contribution in [2.75, 3.05) is 39.3 Å². The number of imide groups is 1. The molecule has 0 saturated carbocycles. The van der Waals surface area contributed by atoms with Gasteiger partial charge in [-0.2, -0.15) is 0 Å². The van der Waals surface area contributed by atoms with Crippen LogP contribution < -0.4 is 4.74 Å². The van der Waals surface area contributed by atoms with Gasteiger partial charge < -0.3 is 24.1 Å². The number of imidazole rings is 1. The molecule has 0 bridgehead atoms. The average molecular weight is 626 g/mol. The summed E-state index contributed by atoms with van der Waals surface area (Å²) in [6.07, 6.45) is 4.42. The predicted octanol–water partition coefficient (Wildman–Crippen LogP) is 2.97. The van der Waals surface area contributed by atoms with Gasteiger partial charge in [0.05, 0.1) is 19.6 Å². The van der Waals surface area contributed by atoms with Crippen molar-refractivity contribution in [1.82, 2.24) is 24.7 Å². The van der Waals surface area contributed by atoms with Gasteiger partial charge in [0.1, 0.15) is 22.8 Å². The maximum Gasteiger partial charge on any atom is 0.410 e. The van der Waals surface area contributed by atoms with Gasteiger partial charge in [0.15, 0.2) is 12.4 Å². The number of aromatic amines is 1. The van der Waals surface area contributed by atoms with Gasteiger partial charge in [0, 0.05) is 49.1 Å². The lowest BCUT2D eigenvalue weighted by Gasteiger charge is -2.41. The molecule has 2 fully saturated rings. The van der Waals surface area contributed by atoms with Gasteiger partial charge in [-0.1, -0.05) is 0 Å². The molecule has 4 rings (SSSR count). The number of esters is 1. The maximum atomic E-state index is 13.3. The molecule has 2 saturated heterocycles. The van der Waals surface area contributed by atoms with Crippen molar-refractivity contribution in [3.8, 4) is 5.75 Å². The number of rotatable bonds is 9. The molecule has 0 aliphatic carbocycles. The van der Waals surface area contributed by atoms with Crippen molar-refractivity contribution < 1.29 is 38.2 Å². The summed E-state index contributed by atoms with van der Waals surface area (Å²) in [5.41, 5.74) is -0.356. The first-order chi connectivity index (χ1) is 21.1. The van der Waals surface area contributed by atoms with Crippen molar-refractivity contribution >= 4 is 29.7 Å². The molecular formula is C32H43N5O8. The SMILES string of the molecule is CC(C)(C)OC(=O)COc1ccc(C(=O)CN2C(=O)CN(C3CCN(C(=O)OC(C)(C)C)CC3)CC2=O)cc1Cc1ncc[nH]1. The van der Waals surface area contributed by atoms with Crippen molar-refractivity contribution in [3.63, 3.8) is 0 Å². The Morgan fingerprint density at radius 2 is 1.60 bits per heavy atom. The maximum absolute atomic E-state index is 13.3. The van der Waals surface area contributed by atoms with Gasteiger partial charge >= 0.3 is 12.1 Å². The van der Waals surface area contributed by atoms with E-state index in [9.17, 15) is 24.0 Å². The molecule has 0 radical (unpaired) electrons. The van der Waals surface area contributed by atoms with Crippen molar-refractivity contribution in [1.29, 1.82) is 0 Å². The van der Waals surface area contributed by atoms with Crippen LogP contribution in [0.15, 0.2) is 30.6 Å². The number of aromatic nitrogens is 2. The molecule has 2 aliphatic rings. The van der Waals surface area contributed by atoms with Gasteiger partial charge in [0.2, 0.25) is 11.8 Å². The van der Waals surface area contributed by atoms with Crippen LogP contribution in [0.1, 0.15) is 76.1 Å². The Morgan fingerprint density at radius 3 is 2.18 bits per heavy atom. The summed E-state index contributed by atoms with van der Waals surface area (Å²) >= 11 is 0. The summed E-state index contributed by atoms with van der Waals surface area (Å²) in [7, 11) is 0. The van der Waals surface area contributed by atoms with E-state index in [1.807, 2.05) is 25.7 Å². The second-order valence-corrected chi connectivity index (χ2v) is 13.3. The highest BCUT2D eigenvalue weighted by atomic mass is 16.6. The molecule has 3 heterocycles. The van der Waals surface area contributed by atoms with Crippen molar-refractivity contribution in [3.05, 3.63) is 47.5 Å². The lowest BCUT2D eigenvalue weighted by molar-refractivity contribution is -0.157. The number of carbonyl (C=O) groups excluding carboxylic acids is 5. The molecule has 1 aromatic heterocycles. The number of piperazine rings is 1. The van der Waals surface area contributed by atoms with Crippen LogP contribution in [0.5, 0.6) is 5.75 Å². The van der Waals surface area contributed by atoms with Crippen LogP contribution in [0.25, 0.3) is 0 Å². The fourth-order valence-corrected chi connectivity index (χ4v) is 5.24. The zero-order valence-corrected chi connectivity index (χ0v) is 26.9. The Morgan fingerprint density at radius 1 is 0.956 bits per heavy atom. The van der Waals surface area contributed by atoms with Gasteiger partial charge in [-0.05, 0) is 72.6 Å². The zero-order valence-electron chi connectivity index (χ0n) is 26.9. The third-order valence-corrected chi connectivity index (χ3v) is 7.27. The first kappa shape index (κ1) is 33.6. The van der Waals surface area contributed by atoms with Crippen molar-refractivity contribution in [2.45, 2.75) is 78.0 Å². The van der Waals surface area contributed by atoms with Gasteiger partial charge in [-0.15, -0.1) is 0 Å². The molecule has 0 atom stereocenters. The molecule has 1 aromatic carbocycles. The quantitative estimate of drug-likeness (QED) is 0.250. The molecule has 1 N–H and O–H groups in total. The topological polar surface area (TPSA) is 151 Å². The van der Waals surface area contributed by atoms with E-state index < -0.39 is 34.8 Å². The largest absolute Gasteiger partial charge is 0.482 e. The number of benzene rings is 1. The Labute approximate surface area is 263 Å². The first-order valence-corrected chi connectivity index (χ1v) is 15.1. The summed E-state index contributed by atoms with van der Waals surface area (Å²) in [4.78, 5) is 75.9. The van der Waals surface area contributed by atoms with Crippen LogP contribution in [0.3, 0.4) is 0 Å². The summed E-state index contributed by atoms with van der Waals surface area (Å²) in [5.74, 6) is -0.816. The van der Waals surface area contributed by atoms with Crippen LogP contribution in [0.4, 0.5) is 4.79 Å². The highest BCUT2D eigenvalue weighted by Gasteiger charge is 2.37. The third kappa shape index (κ3) is 9.61. The van der Waals surface area contributed by atoms with E-state index in [0.717, 1.165) is 4.90 Å². The molecule has 13 nitrogen and oxygen atoms in total. The lowest BCUT2D eigenvalue weighted by atomic mass is 10.0. The number of ether oxygens (including phenoxy) is 3. The Hall–Kier alpha value is -4.26. The molecule has 3 amide bonds. The molecule has 2 aliphatic heterocycles. The van der Waals surface area contributed by atoms with E-state index in [2.05, 4.69) is 9.97 Å². The molecule has 45 heavy (non-hydrogen) atoms. The summed E-state index contributed by atoms with van der Waals surface area (Å²) in [6.45, 7) is 11.0. The van der Waals surface area contributed by atoms with Gasteiger partial charge in [-0.3, -0.25) is 24.2 Å². The molecule has 0 unspecified atom stereocenters. The average Bonchev–Trinajstić information content (AvgIpc) is 3.45. The van der Waals surface area contributed by atoms with E-state index in [1.54, 1.807) is 56.3 Å². The highest BCUT2D eigenvalue weighted by molar-refractivity contribution is 6.06. The minimum atomic E-state index is -0.659. The predicted molar refractivity (Wildman–Crippen MR) is 163 cm³/mol. The highest BCUT2D eigenvalue weighted by Crippen LogP contribution is 2.25. The van der Waals surface area contributed by atoms with Crippen molar-refractivity contribution in [2.24, 2.45) is 0 Å². The van der Waals surface area contributed by atoms with Gasteiger partial charge in [0.25, 0.3) is 0 Å². The van der Waals surface area contributed by atoms with Crippen LogP contribution in [-0.4, -0.2) is 111 Å². The number of piperidine rings is 1. The number of ketones is 1. The molecule has 13 heteroatoms. The number of hydrogen-bond acceptors (Lipinski definition) is 10. The Kier molecular flexibility index (Phi) is 10.3. The second kappa shape index (κ2) is 13.8. The monoisotopic (exact) mass is 625 g/mol. The van der Waals surface area contributed by atoms with Crippen LogP contribution in [-0.2, 0) is 30.3 Å². The van der Waals surface area contributed by atoms with E-state index in [0.29, 0.717) is 55.1 Å². The molecule has 244 valence electrons. The van der Waals surface area contributed by atoms with Crippen LogP contribution >= 0.6 is 0 Å². The second-order valence-electron chi connectivity index (χ2n) is 13.3. The lowest BCUT2D eigenvalue weighted by Crippen LogP contribution is -2.59. The Balaban J connectivity index is 1.37. The Bertz CT molecular complexity index is 1380. The number of H-pyrrole nitrogens is 1. The first-order valence-electron chi connectivity index (χ1n) is 15.1. The fourth-order valence-electron chi connectivity index (χ4n) is 5.24. The van der Waals surface area contributed by atoms with E-state index in [4.69, 9.17) is 14.2 Å². The summed E-state index contributed by atoms with van der Waals surface area (Å²) in [6, 6.07) is 4.72. The number of likely N-dealkylation sites (tertiary alicyclic amines) is 1. The smallest absolute Gasteiger partial charge is 0.410 e. The third-order valence-electron chi connectivity index (χ3n) is 7.27. The number of nitrogens with zero attached hydrogens (tertiary/aromatic N) is 4. The number of amides is 3. The minimum Gasteiger partial charge on any atom is -0.482 e. The van der Waals surface area contributed by atoms with E-state index >= 15 is 0 Å². The number of hydrogen-bond donors (Lipinski definition) is 1. The van der Waals surface area contributed by atoms with E-state index in [-0.39, 0.29) is 38.4 Å². The fraction of sp³-hybridized carbons (Fsp3) is 0.562. The number of Topliss-reactive ketones (excluding diaryl/α,β-unsaturated/α-hetero) is 1. The minimum absolute atomic E-state index is 0.0112. The molecule has 0 spiro atoms. The summed E-state index contributed by atoms with van der Waals surface area (Å²) < 4.78 is 16.5. The van der Waals surface area contributed by atoms with E-state index in [1.165, 1.54) is 0 Å². The van der Waals surface area contributed by atoms with Crippen LogP contribution in [0, 0.1) is 0 Å². The normalized spacial score (nSPS) is 16.9.